The Bertz CT molecular complexity index is 363. The zero-order chi connectivity index (χ0) is 12.0. The van der Waals surface area contributed by atoms with Crippen LogP contribution in [0.3, 0.4) is 0 Å². The average Bonchev–Trinajstić information content (AvgIpc) is 2.30. The van der Waals surface area contributed by atoms with E-state index in [2.05, 4.69) is 35.9 Å². The van der Waals surface area contributed by atoms with Gasteiger partial charge in [-0.15, -0.1) is 0 Å². The molecule has 0 aliphatic rings. The molecule has 0 aliphatic heterocycles. The third-order valence-corrected chi connectivity index (χ3v) is 2.18. The monoisotopic (exact) mass is 256 g/mol. The Morgan fingerprint density at radius 2 is 1.44 bits per heavy atom. The summed E-state index contributed by atoms with van der Waals surface area (Å²) in [5.74, 6) is 0.00341. The van der Waals surface area contributed by atoms with Crippen molar-refractivity contribution >= 4 is 37.1 Å². The van der Waals surface area contributed by atoms with Gasteiger partial charge in [-0.05, 0) is 18.2 Å². The summed E-state index contributed by atoms with van der Waals surface area (Å²) in [6, 6.07) is 6.45. The molecule has 0 unspecified atom stereocenters. The lowest BCUT2D eigenvalue weighted by Gasteiger charge is -2.05. The van der Waals surface area contributed by atoms with E-state index >= 15 is 0 Å². The van der Waals surface area contributed by atoms with Gasteiger partial charge in [0.05, 0.1) is 11.8 Å². The number of benzene rings is 1. The van der Waals surface area contributed by atoms with E-state index in [4.69, 9.17) is 0 Å². The highest BCUT2D eigenvalue weighted by molar-refractivity contribution is 7.80. The van der Waals surface area contributed by atoms with E-state index in [0.717, 1.165) is 0 Å². The number of nitrogens with one attached hydrogen (secondary N) is 2. The van der Waals surface area contributed by atoms with Crippen LogP contribution in [0, 0.1) is 0 Å². The smallest absolute Gasteiger partial charge is 0.251 e. The molecule has 0 atom stereocenters. The fourth-order valence-electron chi connectivity index (χ4n) is 1.15. The molecule has 1 rings (SSSR count). The highest BCUT2D eigenvalue weighted by Crippen LogP contribution is 2.05. The summed E-state index contributed by atoms with van der Waals surface area (Å²) in [5.41, 5.74) is 0.863. The van der Waals surface area contributed by atoms with Crippen LogP contribution in [0.4, 0.5) is 0 Å². The molecule has 0 fully saturated rings. The maximum atomic E-state index is 11.5. The van der Waals surface area contributed by atoms with Crippen LogP contribution < -0.4 is 10.6 Å². The van der Waals surface area contributed by atoms with Crippen molar-refractivity contribution in [3.8, 4) is 0 Å². The van der Waals surface area contributed by atoms with Crippen molar-refractivity contribution in [3.05, 3.63) is 35.4 Å². The number of carbonyl (C=O) groups excluding carboxylic acids is 2. The van der Waals surface area contributed by atoms with E-state index in [1.165, 1.54) is 6.07 Å². The Morgan fingerprint density at radius 3 is 1.81 bits per heavy atom. The molecule has 16 heavy (non-hydrogen) atoms. The Kier molecular flexibility index (Phi) is 5.21. The zero-order valence-electron chi connectivity index (χ0n) is 8.43. The van der Waals surface area contributed by atoms with Gasteiger partial charge < -0.3 is 10.6 Å². The molecule has 1 aromatic rings. The van der Waals surface area contributed by atoms with Crippen LogP contribution in [0.25, 0.3) is 0 Å². The highest BCUT2D eigenvalue weighted by atomic mass is 32.1. The second kappa shape index (κ2) is 6.44. The first-order chi connectivity index (χ1) is 7.69. The van der Waals surface area contributed by atoms with Crippen molar-refractivity contribution < 1.29 is 9.59 Å². The lowest BCUT2D eigenvalue weighted by Crippen LogP contribution is -2.24. The molecule has 0 bridgehead atoms. The first kappa shape index (κ1) is 12.9. The van der Waals surface area contributed by atoms with Gasteiger partial charge in [-0.3, -0.25) is 9.59 Å². The fraction of sp³-hybridized carbons (Fsp3) is 0.200. The number of rotatable bonds is 4. The van der Waals surface area contributed by atoms with Gasteiger partial charge in [0.2, 0.25) is 0 Å². The third-order valence-electron chi connectivity index (χ3n) is 1.87. The summed E-state index contributed by atoms with van der Waals surface area (Å²) in [4.78, 5) is 22.9. The third kappa shape index (κ3) is 3.46. The maximum Gasteiger partial charge on any atom is 0.251 e. The Labute approximate surface area is 105 Å². The first-order valence-corrected chi connectivity index (χ1v) is 5.83. The van der Waals surface area contributed by atoms with E-state index in [0.29, 0.717) is 11.1 Å². The molecule has 2 amide bonds. The van der Waals surface area contributed by atoms with Gasteiger partial charge in [-0.1, -0.05) is 6.07 Å². The summed E-state index contributed by atoms with van der Waals surface area (Å²) >= 11 is 7.78. The molecule has 0 saturated carbocycles. The summed E-state index contributed by atoms with van der Waals surface area (Å²) in [6.45, 7) is 0. The van der Waals surface area contributed by atoms with E-state index < -0.39 is 0 Å². The molecule has 6 heteroatoms. The second-order valence-electron chi connectivity index (χ2n) is 2.91. The Hall–Kier alpha value is -1.14. The zero-order valence-corrected chi connectivity index (χ0v) is 10.2. The van der Waals surface area contributed by atoms with Crippen LogP contribution in [0.15, 0.2) is 24.3 Å². The van der Waals surface area contributed by atoms with Gasteiger partial charge in [0.1, 0.15) is 0 Å². The molecule has 0 aliphatic carbocycles. The molecule has 86 valence electrons. The first-order valence-electron chi connectivity index (χ1n) is 4.57. The lowest BCUT2D eigenvalue weighted by atomic mass is 10.1. The maximum absolute atomic E-state index is 11.5. The van der Waals surface area contributed by atoms with Crippen LogP contribution in [-0.2, 0) is 0 Å². The minimum absolute atomic E-state index is 0.254. The molecule has 4 nitrogen and oxygen atoms in total. The fourth-order valence-corrected chi connectivity index (χ4v) is 1.44. The quantitative estimate of drug-likeness (QED) is 0.478. The van der Waals surface area contributed by atoms with Crippen molar-refractivity contribution in [3.63, 3.8) is 0 Å². The molecule has 0 saturated heterocycles. The molecule has 1 aromatic carbocycles. The van der Waals surface area contributed by atoms with Crippen molar-refractivity contribution in [2.75, 3.05) is 11.8 Å². The molecular weight excluding hydrogens is 244 g/mol. The lowest BCUT2D eigenvalue weighted by molar-refractivity contribution is 0.0960. The van der Waals surface area contributed by atoms with E-state index in [-0.39, 0.29) is 23.6 Å². The van der Waals surface area contributed by atoms with Gasteiger partial charge in [-0.25, -0.2) is 0 Å². The molecular formula is C10H12N2O2S2. The van der Waals surface area contributed by atoms with Crippen molar-refractivity contribution in [1.29, 1.82) is 0 Å². The van der Waals surface area contributed by atoms with Crippen molar-refractivity contribution in [2.45, 2.75) is 0 Å². The van der Waals surface area contributed by atoms with Gasteiger partial charge in [-0.2, -0.15) is 25.3 Å². The summed E-state index contributed by atoms with van der Waals surface area (Å²) in [6.07, 6.45) is 0. The van der Waals surface area contributed by atoms with Gasteiger partial charge in [0.15, 0.2) is 0 Å². The minimum atomic E-state index is -0.254. The number of hydrogen-bond acceptors (Lipinski definition) is 4. The van der Waals surface area contributed by atoms with Crippen LogP contribution in [0.5, 0.6) is 0 Å². The molecule has 0 spiro atoms. The van der Waals surface area contributed by atoms with Crippen molar-refractivity contribution in [2.24, 2.45) is 0 Å². The van der Waals surface area contributed by atoms with Crippen LogP contribution in [-0.4, -0.2) is 23.6 Å². The average molecular weight is 256 g/mol. The SMILES string of the molecule is O=C(NCS)c1cccc(C(=O)NCS)c1. The summed E-state index contributed by atoms with van der Waals surface area (Å²) in [7, 11) is 0. The second-order valence-corrected chi connectivity index (χ2v) is 3.54. The van der Waals surface area contributed by atoms with E-state index in [9.17, 15) is 9.59 Å². The molecule has 0 radical (unpaired) electrons. The highest BCUT2D eigenvalue weighted by Gasteiger charge is 2.08. The largest absolute Gasteiger partial charge is 0.343 e. The molecule has 2 N–H and O–H groups in total. The molecule has 0 aromatic heterocycles. The van der Waals surface area contributed by atoms with Crippen LogP contribution >= 0.6 is 25.3 Å². The van der Waals surface area contributed by atoms with Crippen LogP contribution in [0.1, 0.15) is 20.7 Å². The number of hydrogen-bond donors (Lipinski definition) is 4. The normalized spacial score (nSPS) is 9.62. The summed E-state index contributed by atoms with van der Waals surface area (Å²) in [5, 5.41) is 5.08. The number of carbonyl (C=O) groups is 2. The number of thiol groups is 2. The van der Waals surface area contributed by atoms with Crippen LogP contribution in [0.2, 0.25) is 0 Å². The molecule has 0 heterocycles. The van der Waals surface area contributed by atoms with Gasteiger partial charge in [0.25, 0.3) is 11.8 Å². The van der Waals surface area contributed by atoms with Gasteiger partial charge >= 0.3 is 0 Å². The number of amides is 2. The standard InChI is InChI=1S/C10H12N2O2S2/c13-9(11-5-15)7-2-1-3-8(4-7)10(14)12-6-16/h1-4,15-16H,5-6H2,(H,11,13)(H,12,14). The van der Waals surface area contributed by atoms with Crippen molar-refractivity contribution in [1.82, 2.24) is 10.6 Å². The Morgan fingerprint density at radius 1 is 1.00 bits per heavy atom. The minimum Gasteiger partial charge on any atom is -0.343 e. The Balaban J connectivity index is 2.86. The van der Waals surface area contributed by atoms with E-state index in [1.54, 1.807) is 18.2 Å². The summed E-state index contributed by atoms with van der Waals surface area (Å²) < 4.78 is 0. The van der Waals surface area contributed by atoms with E-state index in [1.807, 2.05) is 0 Å². The predicted octanol–water partition coefficient (Wildman–Crippen LogP) is 0.921. The van der Waals surface area contributed by atoms with Gasteiger partial charge in [0, 0.05) is 11.1 Å². The predicted molar refractivity (Wildman–Crippen MR) is 69.1 cm³/mol. The topological polar surface area (TPSA) is 58.2 Å².